The average molecular weight is 372 g/mol. The maximum absolute atomic E-state index is 12.3. The van der Waals surface area contributed by atoms with Crippen molar-refractivity contribution in [3.8, 4) is 11.5 Å². The van der Waals surface area contributed by atoms with Gasteiger partial charge in [0.05, 0.1) is 13.2 Å². The molecule has 0 bridgehead atoms. The number of halogens is 1. The number of benzene rings is 1. The number of nitrogens with zero attached hydrogens (tertiary/aromatic N) is 1. The topological polar surface area (TPSA) is 62.8 Å². The van der Waals surface area contributed by atoms with Crippen molar-refractivity contribution in [1.29, 1.82) is 0 Å². The van der Waals surface area contributed by atoms with Crippen LogP contribution < -0.4 is 20.1 Å². The molecule has 1 aliphatic rings. The summed E-state index contributed by atoms with van der Waals surface area (Å²) >= 11 is 0. The molecule has 0 radical (unpaired) electrons. The van der Waals surface area contributed by atoms with Gasteiger partial charge >= 0.3 is 0 Å². The summed E-state index contributed by atoms with van der Waals surface area (Å²) in [5, 5.41) is 6.32. The first-order valence-electron chi connectivity index (χ1n) is 8.85. The summed E-state index contributed by atoms with van der Waals surface area (Å²) in [5.74, 6) is 1.22. The van der Waals surface area contributed by atoms with Gasteiger partial charge < -0.3 is 25.0 Å². The standard InChI is InChI=1S/C18H29N3O3.ClH/c1-3-23-16-7-6-15(14-17(16)24-4-2)18(22)20-8-5-11-21-12-9-19-10-13-21;/h6-7,14,19H,3-5,8-13H2,1-2H3,(H,20,22);1H. The van der Waals surface area contributed by atoms with Gasteiger partial charge in [-0.1, -0.05) is 0 Å². The van der Waals surface area contributed by atoms with Crippen LogP contribution in [-0.4, -0.2) is 63.3 Å². The first-order valence-corrected chi connectivity index (χ1v) is 8.85. The van der Waals surface area contributed by atoms with Crippen LogP contribution in [0.3, 0.4) is 0 Å². The second kappa shape index (κ2) is 12.0. The van der Waals surface area contributed by atoms with Crippen LogP contribution in [0.4, 0.5) is 0 Å². The molecule has 0 aromatic heterocycles. The summed E-state index contributed by atoms with van der Waals surface area (Å²) in [6.07, 6.45) is 0.959. The van der Waals surface area contributed by atoms with Gasteiger partial charge in [0.2, 0.25) is 0 Å². The van der Waals surface area contributed by atoms with E-state index < -0.39 is 0 Å². The number of carbonyl (C=O) groups excluding carboxylic acids is 1. The molecule has 0 spiro atoms. The Morgan fingerprint density at radius 2 is 1.84 bits per heavy atom. The van der Waals surface area contributed by atoms with E-state index in [0.717, 1.165) is 39.1 Å². The summed E-state index contributed by atoms with van der Waals surface area (Å²) in [7, 11) is 0. The summed E-state index contributed by atoms with van der Waals surface area (Å²) in [4.78, 5) is 14.7. The number of amides is 1. The molecule has 1 aromatic rings. The van der Waals surface area contributed by atoms with Gasteiger partial charge in [0, 0.05) is 38.3 Å². The summed E-state index contributed by atoms with van der Waals surface area (Å²) in [6.45, 7) is 10.9. The minimum Gasteiger partial charge on any atom is -0.490 e. The number of ether oxygens (including phenoxy) is 2. The van der Waals surface area contributed by atoms with Crippen LogP contribution in [0.2, 0.25) is 0 Å². The highest BCUT2D eigenvalue weighted by Gasteiger charge is 2.12. The van der Waals surface area contributed by atoms with Crippen molar-refractivity contribution in [2.75, 3.05) is 52.5 Å². The van der Waals surface area contributed by atoms with Gasteiger partial charge in [-0.25, -0.2) is 0 Å². The van der Waals surface area contributed by atoms with E-state index >= 15 is 0 Å². The molecule has 0 aliphatic carbocycles. The van der Waals surface area contributed by atoms with Crippen molar-refractivity contribution >= 4 is 18.3 Å². The average Bonchev–Trinajstić information content (AvgIpc) is 2.61. The first-order chi connectivity index (χ1) is 11.7. The number of rotatable bonds is 9. The van der Waals surface area contributed by atoms with E-state index in [4.69, 9.17) is 9.47 Å². The Morgan fingerprint density at radius 3 is 2.52 bits per heavy atom. The molecule has 1 heterocycles. The van der Waals surface area contributed by atoms with Gasteiger partial charge in [-0.15, -0.1) is 12.4 Å². The molecule has 0 saturated carbocycles. The van der Waals surface area contributed by atoms with Gasteiger partial charge in [0.1, 0.15) is 0 Å². The lowest BCUT2D eigenvalue weighted by Gasteiger charge is -2.27. The van der Waals surface area contributed by atoms with Crippen LogP contribution in [0.5, 0.6) is 11.5 Å². The Balaban J connectivity index is 0.00000312. The Morgan fingerprint density at radius 1 is 1.16 bits per heavy atom. The molecule has 1 aliphatic heterocycles. The van der Waals surface area contributed by atoms with Crippen molar-refractivity contribution in [2.24, 2.45) is 0 Å². The SMILES string of the molecule is CCOc1ccc(C(=O)NCCCN2CCNCC2)cc1OCC.Cl. The van der Waals surface area contributed by atoms with Gasteiger partial charge in [0.25, 0.3) is 5.91 Å². The Labute approximate surface area is 156 Å². The Kier molecular flexibility index (Phi) is 10.3. The highest BCUT2D eigenvalue weighted by Crippen LogP contribution is 2.28. The third-order valence-corrected chi connectivity index (χ3v) is 3.95. The molecule has 1 amide bonds. The number of hydrogen-bond acceptors (Lipinski definition) is 5. The van der Waals surface area contributed by atoms with Crippen molar-refractivity contribution in [3.05, 3.63) is 23.8 Å². The molecule has 2 N–H and O–H groups in total. The quantitative estimate of drug-likeness (QED) is 0.649. The first kappa shape index (κ1) is 21.5. The van der Waals surface area contributed by atoms with Crippen molar-refractivity contribution < 1.29 is 14.3 Å². The molecule has 1 aromatic carbocycles. The Hall–Kier alpha value is -1.50. The van der Waals surface area contributed by atoms with E-state index in [1.54, 1.807) is 18.2 Å². The lowest BCUT2D eigenvalue weighted by Crippen LogP contribution is -2.44. The zero-order valence-electron chi connectivity index (χ0n) is 15.2. The van der Waals surface area contributed by atoms with Gasteiger partial charge in [-0.2, -0.15) is 0 Å². The van der Waals surface area contributed by atoms with Crippen LogP contribution in [0.1, 0.15) is 30.6 Å². The molecule has 1 saturated heterocycles. The monoisotopic (exact) mass is 371 g/mol. The van der Waals surface area contributed by atoms with Crippen LogP contribution in [0.25, 0.3) is 0 Å². The normalized spacial score (nSPS) is 14.5. The van der Waals surface area contributed by atoms with E-state index in [1.165, 1.54) is 0 Å². The van der Waals surface area contributed by atoms with Gasteiger partial charge in [-0.3, -0.25) is 4.79 Å². The van der Waals surface area contributed by atoms with E-state index in [0.29, 0.717) is 36.8 Å². The van der Waals surface area contributed by atoms with Gasteiger partial charge in [-0.05, 0) is 45.0 Å². The third-order valence-electron chi connectivity index (χ3n) is 3.95. The molecular weight excluding hydrogens is 342 g/mol. The molecule has 25 heavy (non-hydrogen) atoms. The zero-order valence-corrected chi connectivity index (χ0v) is 16.0. The summed E-state index contributed by atoms with van der Waals surface area (Å²) in [6, 6.07) is 5.32. The van der Waals surface area contributed by atoms with Crippen LogP contribution in [-0.2, 0) is 0 Å². The number of carbonyl (C=O) groups is 1. The van der Waals surface area contributed by atoms with Crippen molar-refractivity contribution in [1.82, 2.24) is 15.5 Å². The third kappa shape index (κ3) is 7.10. The van der Waals surface area contributed by atoms with Gasteiger partial charge in [0.15, 0.2) is 11.5 Å². The van der Waals surface area contributed by atoms with Crippen LogP contribution >= 0.6 is 12.4 Å². The highest BCUT2D eigenvalue weighted by molar-refractivity contribution is 5.94. The minimum absolute atomic E-state index is 0. The lowest BCUT2D eigenvalue weighted by atomic mass is 10.2. The molecular formula is C18H30ClN3O3. The van der Waals surface area contributed by atoms with Crippen LogP contribution in [0.15, 0.2) is 18.2 Å². The van der Waals surface area contributed by atoms with E-state index in [-0.39, 0.29) is 18.3 Å². The number of nitrogens with one attached hydrogen (secondary N) is 2. The minimum atomic E-state index is -0.0701. The summed E-state index contributed by atoms with van der Waals surface area (Å²) in [5.41, 5.74) is 0.601. The predicted molar refractivity (Wildman–Crippen MR) is 102 cm³/mol. The fourth-order valence-corrected chi connectivity index (χ4v) is 2.73. The number of piperazine rings is 1. The smallest absolute Gasteiger partial charge is 0.251 e. The Bertz CT molecular complexity index is 522. The molecule has 7 heteroatoms. The predicted octanol–water partition coefficient (Wildman–Crippen LogP) is 1.93. The maximum Gasteiger partial charge on any atom is 0.251 e. The van der Waals surface area contributed by atoms with Crippen molar-refractivity contribution in [2.45, 2.75) is 20.3 Å². The maximum atomic E-state index is 12.3. The zero-order chi connectivity index (χ0) is 17.2. The fraction of sp³-hybridized carbons (Fsp3) is 0.611. The molecule has 0 atom stereocenters. The molecule has 6 nitrogen and oxygen atoms in total. The van der Waals surface area contributed by atoms with Crippen LogP contribution in [0, 0.1) is 0 Å². The molecule has 2 rings (SSSR count). The fourth-order valence-electron chi connectivity index (χ4n) is 2.73. The number of hydrogen-bond donors (Lipinski definition) is 2. The molecule has 142 valence electrons. The molecule has 0 unspecified atom stereocenters. The van der Waals surface area contributed by atoms with E-state index in [2.05, 4.69) is 15.5 Å². The largest absolute Gasteiger partial charge is 0.490 e. The second-order valence-corrected chi connectivity index (χ2v) is 5.73. The van der Waals surface area contributed by atoms with E-state index in [1.807, 2.05) is 13.8 Å². The summed E-state index contributed by atoms with van der Waals surface area (Å²) < 4.78 is 11.1. The van der Waals surface area contributed by atoms with Crippen molar-refractivity contribution in [3.63, 3.8) is 0 Å². The highest BCUT2D eigenvalue weighted by atomic mass is 35.5. The second-order valence-electron chi connectivity index (χ2n) is 5.73. The van der Waals surface area contributed by atoms with E-state index in [9.17, 15) is 4.79 Å². The molecule has 1 fully saturated rings. The lowest BCUT2D eigenvalue weighted by molar-refractivity contribution is 0.0950.